The van der Waals surface area contributed by atoms with Crippen LogP contribution in [0.4, 0.5) is 0 Å². The molecule has 3 rings (SSSR count). The van der Waals surface area contributed by atoms with E-state index in [0.717, 1.165) is 37.9 Å². The van der Waals surface area contributed by atoms with E-state index in [1.807, 2.05) is 17.0 Å². The highest BCUT2D eigenvalue weighted by molar-refractivity contribution is 5.82. The highest BCUT2D eigenvalue weighted by atomic mass is 16.3. The zero-order chi connectivity index (χ0) is 13.9. The molecule has 0 bridgehead atoms. The minimum Gasteiger partial charge on any atom is -0.508 e. The Kier molecular flexibility index (Phi) is 3.92. The topological polar surface area (TPSA) is 52.6 Å². The van der Waals surface area contributed by atoms with Gasteiger partial charge in [0.15, 0.2) is 0 Å². The van der Waals surface area contributed by atoms with Crippen molar-refractivity contribution in [2.24, 2.45) is 0 Å². The fourth-order valence-electron chi connectivity index (χ4n) is 2.78. The average molecular weight is 274 g/mol. The number of likely N-dealkylation sites (tertiary alicyclic amines) is 1. The third-order valence-electron chi connectivity index (χ3n) is 4.15. The summed E-state index contributed by atoms with van der Waals surface area (Å²) in [7, 11) is 0. The lowest BCUT2D eigenvalue weighted by molar-refractivity contribution is -0.136. The maximum absolute atomic E-state index is 12.4. The van der Waals surface area contributed by atoms with Crippen LogP contribution in [0.3, 0.4) is 0 Å². The van der Waals surface area contributed by atoms with Crippen molar-refractivity contribution in [1.29, 1.82) is 0 Å². The van der Waals surface area contributed by atoms with E-state index < -0.39 is 0 Å². The van der Waals surface area contributed by atoms with Crippen molar-refractivity contribution in [1.82, 2.24) is 10.2 Å². The molecule has 1 aliphatic heterocycles. The number of benzene rings is 1. The summed E-state index contributed by atoms with van der Waals surface area (Å²) < 4.78 is 0. The van der Waals surface area contributed by atoms with Crippen molar-refractivity contribution in [3.8, 4) is 5.75 Å². The lowest BCUT2D eigenvalue weighted by Gasteiger charge is -2.33. The summed E-state index contributed by atoms with van der Waals surface area (Å²) in [5.74, 6) is 0.554. The Bertz CT molecular complexity index is 468. The SMILES string of the molecule is O=C1C(NC2CC2)CCCN1CCc1ccc(O)cc1. The Morgan fingerprint density at radius 2 is 1.95 bits per heavy atom. The van der Waals surface area contributed by atoms with Crippen LogP contribution >= 0.6 is 0 Å². The first-order valence-electron chi connectivity index (χ1n) is 7.55. The van der Waals surface area contributed by atoms with Gasteiger partial charge in [-0.3, -0.25) is 4.79 Å². The Hall–Kier alpha value is -1.55. The zero-order valence-corrected chi connectivity index (χ0v) is 11.7. The molecule has 1 aromatic carbocycles. The van der Waals surface area contributed by atoms with Crippen LogP contribution in [0.5, 0.6) is 5.75 Å². The molecule has 4 heteroatoms. The van der Waals surface area contributed by atoms with Crippen molar-refractivity contribution in [3.05, 3.63) is 29.8 Å². The van der Waals surface area contributed by atoms with Crippen LogP contribution in [-0.2, 0) is 11.2 Å². The summed E-state index contributed by atoms with van der Waals surface area (Å²) in [5.41, 5.74) is 1.16. The molecule has 1 aromatic rings. The summed E-state index contributed by atoms with van der Waals surface area (Å²) >= 11 is 0. The fraction of sp³-hybridized carbons (Fsp3) is 0.562. The van der Waals surface area contributed by atoms with Crippen LogP contribution < -0.4 is 5.32 Å². The van der Waals surface area contributed by atoms with E-state index in [-0.39, 0.29) is 17.7 Å². The minimum atomic E-state index is 0.0380. The first-order chi connectivity index (χ1) is 9.72. The lowest BCUT2D eigenvalue weighted by atomic mass is 10.0. The first-order valence-corrected chi connectivity index (χ1v) is 7.55. The number of piperidine rings is 1. The minimum absolute atomic E-state index is 0.0380. The summed E-state index contributed by atoms with van der Waals surface area (Å²) in [6.07, 6.45) is 5.35. The molecule has 2 N–H and O–H groups in total. The monoisotopic (exact) mass is 274 g/mol. The summed E-state index contributed by atoms with van der Waals surface area (Å²) in [6.45, 7) is 1.65. The maximum Gasteiger partial charge on any atom is 0.239 e. The number of rotatable bonds is 5. The van der Waals surface area contributed by atoms with Gasteiger partial charge in [-0.25, -0.2) is 0 Å². The molecule has 0 aromatic heterocycles. The molecule has 108 valence electrons. The van der Waals surface area contributed by atoms with E-state index in [0.29, 0.717) is 6.04 Å². The second kappa shape index (κ2) is 5.83. The van der Waals surface area contributed by atoms with Gasteiger partial charge in [-0.15, -0.1) is 0 Å². The summed E-state index contributed by atoms with van der Waals surface area (Å²) in [6, 6.07) is 7.86. The Labute approximate surface area is 119 Å². The van der Waals surface area contributed by atoms with E-state index in [9.17, 15) is 9.90 Å². The van der Waals surface area contributed by atoms with Crippen LogP contribution in [0.15, 0.2) is 24.3 Å². The number of hydrogen-bond donors (Lipinski definition) is 2. The molecular formula is C16H22N2O2. The number of carbonyl (C=O) groups excluding carboxylic acids is 1. The zero-order valence-electron chi connectivity index (χ0n) is 11.7. The summed E-state index contributed by atoms with van der Waals surface area (Å²) in [4.78, 5) is 14.4. The third kappa shape index (κ3) is 3.31. The normalized spacial score (nSPS) is 23.1. The van der Waals surface area contributed by atoms with Gasteiger partial charge in [-0.1, -0.05) is 12.1 Å². The third-order valence-corrected chi connectivity index (χ3v) is 4.15. The predicted molar refractivity (Wildman–Crippen MR) is 77.6 cm³/mol. The number of hydrogen-bond acceptors (Lipinski definition) is 3. The standard InChI is InChI=1S/C16H22N2O2/c19-14-7-3-12(4-8-14)9-11-18-10-1-2-15(16(18)20)17-13-5-6-13/h3-4,7-8,13,15,17,19H,1-2,5-6,9-11H2. The molecule has 20 heavy (non-hydrogen) atoms. The Morgan fingerprint density at radius 1 is 1.20 bits per heavy atom. The number of phenolic OH excluding ortho intramolecular Hbond substituents is 1. The second-order valence-electron chi connectivity index (χ2n) is 5.88. The number of nitrogens with zero attached hydrogens (tertiary/aromatic N) is 1. The Balaban J connectivity index is 1.53. The quantitative estimate of drug-likeness (QED) is 0.859. The number of phenols is 1. The number of carbonyl (C=O) groups is 1. The number of aromatic hydroxyl groups is 1. The summed E-state index contributed by atoms with van der Waals surface area (Å²) in [5, 5.41) is 12.7. The van der Waals surface area contributed by atoms with Gasteiger partial charge in [0, 0.05) is 19.1 Å². The van der Waals surface area contributed by atoms with Crippen molar-refractivity contribution in [3.63, 3.8) is 0 Å². The molecule has 1 saturated carbocycles. The molecule has 0 spiro atoms. The van der Waals surface area contributed by atoms with Crippen molar-refractivity contribution in [2.75, 3.05) is 13.1 Å². The largest absolute Gasteiger partial charge is 0.508 e. The molecule has 1 atom stereocenters. The maximum atomic E-state index is 12.4. The first kappa shape index (κ1) is 13.4. The smallest absolute Gasteiger partial charge is 0.239 e. The highest BCUT2D eigenvalue weighted by Crippen LogP contribution is 2.22. The number of nitrogens with one attached hydrogen (secondary N) is 1. The molecule has 1 saturated heterocycles. The van der Waals surface area contributed by atoms with Crippen LogP contribution in [0.1, 0.15) is 31.2 Å². The van der Waals surface area contributed by atoms with E-state index >= 15 is 0 Å². The van der Waals surface area contributed by atoms with Gasteiger partial charge in [0.1, 0.15) is 5.75 Å². The molecule has 2 fully saturated rings. The highest BCUT2D eigenvalue weighted by Gasteiger charge is 2.32. The molecule has 1 heterocycles. The van der Waals surface area contributed by atoms with Gasteiger partial charge in [0.05, 0.1) is 6.04 Å². The van der Waals surface area contributed by atoms with Crippen LogP contribution in [-0.4, -0.2) is 41.1 Å². The molecule has 1 amide bonds. The molecule has 0 radical (unpaired) electrons. The lowest BCUT2D eigenvalue weighted by Crippen LogP contribution is -2.51. The van der Waals surface area contributed by atoms with Crippen molar-refractivity contribution in [2.45, 2.75) is 44.2 Å². The predicted octanol–water partition coefficient (Wildman–Crippen LogP) is 1.68. The molecule has 4 nitrogen and oxygen atoms in total. The number of amides is 1. The van der Waals surface area contributed by atoms with E-state index in [1.54, 1.807) is 12.1 Å². The molecular weight excluding hydrogens is 252 g/mol. The van der Waals surface area contributed by atoms with Crippen molar-refractivity contribution >= 4 is 5.91 Å². The van der Waals surface area contributed by atoms with Gasteiger partial charge in [0.25, 0.3) is 0 Å². The molecule has 2 aliphatic rings. The second-order valence-corrected chi connectivity index (χ2v) is 5.88. The fourth-order valence-corrected chi connectivity index (χ4v) is 2.78. The van der Waals surface area contributed by atoms with Gasteiger partial charge < -0.3 is 15.3 Å². The Morgan fingerprint density at radius 3 is 2.65 bits per heavy atom. The van der Waals surface area contributed by atoms with Gasteiger partial charge in [-0.2, -0.15) is 0 Å². The van der Waals surface area contributed by atoms with Crippen LogP contribution in [0.2, 0.25) is 0 Å². The van der Waals surface area contributed by atoms with Gasteiger partial charge >= 0.3 is 0 Å². The van der Waals surface area contributed by atoms with Gasteiger partial charge in [-0.05, 0) is 49.8 Å². The van der Waals surface area contributed by atoms with Crippen molar-refractivity contribution < 1.29 is 9.90 Å². The van der Waals surface area contributed by atoms with Gasteiger partial charge in [0.2, 0.25) is 5.91 Å². The average Bonchev–Trinajstić information content (AvgIpc) is 3.26. The van der Waals surface area contributed by atoms with E-state index in [2.05, 4.69) is 5.32 Å². The molecule has 1 aliphatic carbocycles. The van der Waals surface area contributed by atoms with Crippen LogP contribution in [0, 0.1) is 0 Å². The van der Waals surface area contributed by atoms with Crippen LogP contribution in [0.25, 0.3) is 0 Å². The van der Waals surface area contributed by atoms with E-state index in [1.165, 1.54) is 12.8 Å². The van der Waals surface area contributed by atoms with E-state index in [4.69, 9.17) is 0 Å². The molecule has 1 unspecified atom stereocenters.